The highest BCUT2D eigenvalue weighted by Gasteiger charge is 2.44. The van der Waals surface area contributed by atoms with Crippen molar-refractivity contribution in [1.82, 2.24) is 5.32 Å². The van der Waals surface area contributed by atoms with Crippen LogP contribution >= 0.6 is 0 Å². The third-order valence-corrected chi connectivity index (χ3v) is 6.65. The molecule has 1 heterocycles. The molecule has 5 N–H and O–H groups in total. The molecule has 1 fully saturated rings. The highest BCUT2D eigenvalue weighted by Crippen LogP contribution is 2.22. The Morgan fingerprint density at radius 2 is 1.53 bits per heavy atom. The van der Waals surface area contributed by atoms with Crippen LogP contribution in [0.3, 0.4) is 0 Å². The molecule has 0 aliphatic carbocycles. The lowest BCUT2D eigenvalue weighted by Crippen LogP contribution is -2.60. The second-order valence-corrected chi connectivity index (χ2v) is 9.79. The second kappa shape index (κ2) is 20.0. The summed E-state index contributed by atoms with van der Waals surface area (Å²) in [6.07, 6.45) is 11.8. The minimum Gasteiger partial charge on any atom is -0.394 e. The van der Waals surface area contributed by atoms with Crippen LogP contribution in [0.5, 0.6) is 0 Å². The maximum atomic E-state index is 11.7. The lowest BCUT2D eigenvalue weighted by molar-refractivity contribution is -0.302. The summed E-state index contributed by atoms with van der Waals surface area (Å²) in [5.41, 5.74) is 0. The number of ether oxygens (including phenoxy) is 3. The highest BCUT2D eigenvalue weighted by atomic mass is 16.7. The van der Waals surface area contributed by atoms with Gasteiger partial charge in [0.05, 0.1) is 25.4 Å². The molecule has 1 rings (SSSR count). The fourth-order valence-corrected chi connectivity index (χ4v) is 4.42. The number of aliphatic hydroxyl groups excluding tert-OH is 4. The van der Waals surface area contributed by atoms with Gasteiger partial charge in [0.1, 0.15) is 24.4 Å². The van der Waals surface area contributed by atoms with Gasteiger partial charge in [0.15, 0.2) is 6.29 Å². The molecule has 7 atom stereocenters. The molecular formula is C27H51NO8. The van der Waals surface area contributed by atoms with Crippen molar-refractivity contribution in [3.63, 3.8) is 0 Å². The van der Waals surface area contributed by atoms with Gasteiger partial charge >= 0.3 is 0 Å². The molecule has 2 unspecified atom stereocenters. The number of carbonyl (C=O) groups is 1. The van der Waals surface area contributed by atoms with Crippen molar-refractivity contribution >= 4 is 5.91 Å². The van der Waals surface area contributed by atoms with Gasteiger partial charge in [-0.3, -0.25) is 4.79 Å². The molecule has 0 saturated carbocycles. The van der Waals surface area contributed by atoms with Crippen LogP contribution in [0.15, 0.2) is 12.2 Å². The van der Waals surface area contributed by atoms with Gasteiger partial charge in [-0.2, -0.15) is 0 Å². The quantitative estimate of drug-likeness (QED) is 0.123. The summed E-state index contributed by atoms with van der Waals surface area (Å²) < 4.78 is 16.6. The van der Waals surface area contributed by atoms with Gasteiger partial charge in [-0.1, -0.05) is 83.3 Å². The first kappa shape index (κ1) is 33.0. The number of methoxy groups -OCH3 is 1. The van der Waals surface area contributed by atoms with E-state index >= 15 is 0 Å². The van der Waals surface area contributed by atoms with E-state index in [-0.39, 0.29) is 12.5 Å². The summed E-state index contributed by atoms with van der Waals surface area (Å²) >= 11 is 0. The summed E-state index contributed by atoms with van der Waals surface area (Å²) in [5, 5.41) is 42.2. The van der Waals surface area contributed by atoms with Crippen LogP contribution < -0.4 is 5.32 Å². The van der Waals surface area contributed by atoms with E-state index in [1.54, 1.807) is 7.11 Å². The number of rotatable bonds is 20. The van der Waals surface area contributed by atoms with Crippen LogP contribution in [0.1, 0.15) is 90.9 Å². The zero-order chi connectivity index (χ0) is 26.8. The Hall–Kier alpha value is -1.07. The monoisotopic (exact) mass is 517 g/mol. The Morgan fingerprint density at radius 1 is 0.944 bits per heavy atom. The molecule has 36 heavy (non-hydrogen) atoms. The molecule has 1 aliphatic heterocycles. The van der Waals surface area contributed by atoms with Crippen LogP contribution in [0.25, 0.3) is 0 Å². The summed E-state index contributed by atoms with van der Waals surface area (Å²) in [6, 6.07) is -0.562. The number of unbranched alkanes of at least 4 members (excludes halogenated alkanes) is 11. The third kappa shape index (κ3) is 12.9. The molecule has 0 spiro atoms. The van der Waals surface area contributed by atoms with Crippen LogP contribution in [-0.2, 0) is 19.0 Å². The maximum absolute atomic E-state index is 11.7. The summed E-state index contributed by atoms with van der Waals surface area (Å²) in [7, 11) is 1.54. The molecule has 0 aromatic heterocycles. The first-order chi connectivity index (χ1) is 17.3. The molecule has 0 aromatic carbocycles. The van der Waals surface area contributed by atoms with E-state index in [4.69, 9.17) is 14.2 Å². The minimum atomic E-state index is -1.52. The topological polar surface area (TPSA) is 138 Å². The molecule has 1 aliphatic rings. The normalized spacial score (nSPS) is 26.2. The van der Waals surface area contributed by atoms with E-state index in [1.165, 1.54) is 71.1 Å². The van der Waals surface area contributed by atoms with Crippen molar-refractivity contribution in [1.29, 1.82) is 0 Å². The van der Waals surface area contributed by atoms with Gasteiger partial charge in [-0.05, 0) is 12.8 Å². The van der Waals surface area contributed by atoms with Gasteiger partial charge in [0.2, 0.25) is 5.91 Å². The van der Waals surface area contributed by atoms with Crippen molar-refractivity contribution in [2.45, 2.75) is 134 Å². The SMILES string of the molecule is CCCCCCCCCCCCC/C=C/[C@H](OC)[C@H](CO[C@@H]1OC(CO)[C@@H](O)C(O)[C@@H]1O)NC(C)=O. The third-order valence-electron chi connectivity index (χ3n) is 6.65. The van der Waals surface area contributed by atoms with Crippen molar-refractivity contribution in [2.24, 2.45) is 0 Å². The van der Waals surface area contributed by atoms with Gasteiger partial charge in [-0.25, -0.2) is 0 Å². The first-order valence-electron chi connectivity index (χ1n) is 13.7. The molecule has 1 saturated heterocycles. The molecular weight excluding hydrogens is 466 g/mol. The van der Waals surface area contributed by atoms with Gasteiger partial charge in [0, 0.05) is 14.0 Å². The van der Waals surface area contributed by atoms with Crippen LogP contribution in [-0.4, -0.2) is 89.5 Å². The smallest absolute Gasteiger partial charge is 0.217 e. The average Bonchev–Trinajstić information content (AvgIpc) is 2.86. The predicted octanol–water partition coefficient (Wildman–Crippen LogP) is 2.58. The van der Waals surface area contributed by atoms with Gasteiger partial charge in [-0.15, -0.1) is 0 Å². The second-order valence-electron chi connectivity index (χ2n) is 9.79. The molecule has 9 nitrogen and oxygen atoms in total. The lowest BCUT2D eigenvalue weighted by atomic mass is 9.99. The van der Waals surface area contributed by atoms with E-state index in [0.29, 0.717) is 0 Å². The Bertz CT molecular complexity index is 588. The Labute approximate surface area is 217 Å². The van der Waals surface area contributed by atoms with Gasteiger partial charge in [0.25, 0.3) is 0 Å². The zero-order valence-electron chi connectivity index (χ0n) is 22.5. The summed E-state index contributed by atoms with van der Waals surface area (Å²) in [6.45, 7) is 3.03. The standard InChI is InChI=1S/C27H51NO8/c1-4-5-6-7-8-9-10-11-12-13-14-15-16-17-22(34-3)21(28-20(2)30)19-35-27-26(33)25(32)24(31)23(18-29)36-27/h16-17,21-27,29,31-33H,4-15,18-19H2,1-3H3,(H,28,30)/b17-16+/t21-,22-,23?,24+,25?,26-,27+/m0/s1. The van der Waals surface area contributed by atoms with E-state index < -0.39 is 49.5 Å². The average molecular weight is 518 g/mol. The van der Waals surface area contributed by atoms with E-state index in [2.05, 4.69) is 12.2 Å². The zero-order valence-corrected chi connectivity index (χ0v) is 22.5. The summed E-state index contributed by atoms with van der Waals surface area (Å²) in [5.74, 6) is -0.266. The van der Waals surface area contributed by atoms with Crippen molar-refractivity contribution in [3.05, 3.63) is 12.2 Å². The fourth-order valence-electron chi connectivity index (χ4n) is 4.42. The van der Waals surface area contributed by atoms with Crippen LogP contribution in [0.4, 0.5) is 0 Å². The molecule has 0 aromatic rings. The molecule has 212 valence electrons. The van der Waals surface area contributed by atoms with E-state index in [9.17, 15) is 25.2 Å². The number of nitrogens with one attached hydrogen (secondary N) is 1. The van der Waals surface area contributed by atoms with E-state index in [1.807, 2.05) is 12.2 Å². The minimum absolute atomic E-state index is 0.0659. The molecule has 9 heteroatoms. The first-order valence-corrected chi connectivity index (χ1v) is 13.7. The van der Waals surface area contributed by atoms with E-state index in [0.717, 1.165) is 12.8 Å². The largest absolute Gasteiger partial charge is 0.394 e. The van der Waals surface area contributed by atoms with Crippen molar-refractivity contribution in [3.8, 4) is 0 Å². The number of aliphatic hydroxyl groups is 4. The number of hydrogen-bond donors (Lipinski definition) is 5. The number of amides is 1. The highest BCUT2D eigenvalue weighted by molar-refractivity contribution is 5.73. The van der Waals surface area contributed by atoms with Gasteiger partial charge < -0.3 is 40.0 Å². The lowest BCUT2D eigenvalue weighted by Gasteiger charge is -2.40. The fraction of sp³-hybridized carbons (Fsp3) is 0.889. The summed E-state index contributed by atoms with van der Waals surface area (Å²) in [4.78, 5) is 11.7. The van der Waals surface area contributed by atoms with Crippen LogP contribution in [0.2, 0.25) is 0 Å². The molecule has 1 amide bonds. The number of hydrogen-bond acceptors (Lipinski definition) is 8. The Kier molecular flexibility index (Phi) is 18.3. The molecule has 0 bridgehead atoms. The predicted molar refractivity (Wildman–Crippen MR) is 138 cm³/mol. The molecule has 0 radical (unpaired) electrons. The maximum Gasteiger partial charge on any atom is 0.217 e. The van der Waals surface area contributed by atoms with Crippen molar-refractivity contribution in [2.75, 3.05) is 20.3 Å². The Morgan fingerprint density at radius 3 is 2.06 bits per heavy atom. The Balaban J connectivity index is 2.40. The van der Waals surface area contributed by atoms with Crippen molar-refractivity contribution < 1.29 is 39.4 Å². The van der Waals surface area contributed by atoms with Crippen LogP contribution in [0, 0.1) is 0 Å². The number of carbonyl (C=O) groups excluding carboxylic acids is 1. The number of allylic oxidation sites excluding steroid dienone is 1.